The van der Waals surface area contributed by atoms with Gasteiger partial charge in [0, 0.05) is 18.2 Å². The third kappa shape index (κ3) is 5.45. The Balaban J connectivity index is 1.79. The van der Waals surface area contributed by atoms with E-state index in [4.69, 9.17) is 4.74 Å². The van der Waals surface area contributed by atoms with E-state index in [1.807, 2.05) is 0 Å². The number of carbonyl (C=O) groups excluding carboxylic acids is 2. The molecule has 1 saturated carbocycles. The quantitative estimate of drug-likeness (QED) is 0.568. The second-order valence-corrected chi connectivity index (χ2v) is 6.98. The molecule has 8 heteroatoms. The van der Waals surface area contributed by atoms with Crippen molar-refractivity contribution < 1.29 is 22.7 Å². The van der Waals surface area contributed by atoms with Gasteiger partial charge in [-0.3, -0.25) is 4.79 Å². The lowest BCUT2D eigenvalue weighted by atomic mass is 10.2. The summed E-state index contributed by atoms with van der Waals surface area (Å²) in [6, 6.07) is 6.36. The van der Waals surface area contributed by atoms with E-state index in [1.54, 1.807) is 24.3 Å². The lowest BCUT2D eigenvalue weighted by Crippen LogP contribution is -2.26. The van der Waals surface area contributed by atoms with E-state index in [2.05, 4.69) is 10.0 Å². The predicted molar refractivity (Wildman–Crippen MR) is 80.9 cm³/mol. The van der Waals surface area contributed by atoms with Gasteiger partial charge >= 0.3 is 5.97 Å². The van der Waals surface area contributed by atoms with Crippen LogP contribution in [0.25, 0.3) is 0 Å². The Morgan fingerprint density at radius 1 is 1.23 bits per heavy atom. The molecule has 0 saturated heterocycles. The van der Waals surface area contributed by atoms with Gasteiger partial charge in [-0.1, -0.05) is 0 Å². The molecule has 1 fully saturated rings. The molecule has 22 heavy (non-hydrogen) atoms. The maximum absolute atomic E-state index is 11.7. The number of sulfonamides is 1. The second kappa shape index (κ2) is 6.89. The minimum absolute atomic E-state index is 0.00201. The number of anilines is 1. The van der Waals surface area contributed by atoms with Crippen molar-refractivity contribution in [2.45, 2.75) is 12.8 Å². The van der Waals surface area contributed by atoms with Crippen LogP contribution in [0.5, 0.6) is 0 Å². The standard InChI is InChI=1S/C14H18N2O5S/c1-22(19,20)15-8-9-21-14(18)11-4-6-12(7-5-11)16-13(17)10-2-3-10/h4-7,10,15H,2-3,8-9H2,1H3,(H,16,17). The fraction of sp³-hybridized carbons (Fsp3) is 0.429. The summed E-state index contributed by atoms with van der Waals surface area (Å²) >= 11 is 0. The molecule has 1 amide bonds. The van der Waals surface area contributed by atoms with Gasteiger partial charge in [-0.25, -0.2) is 17.9 Å². The van der Waals surface area contributed by atoms with Gasteiger partial charge in [0.1, 0.15) is 6.61 Å². The predicted octanol–water partition coefficient (Wildman–Crippen LogP) is 0.741. The van der Waals surface area contributed by atoms with E-state index in [0.717, 1.165) is 19.1 Å². The molecule has 2 N–H and O–H groups in total. The van der Waals surface area contributed by atoms with E-state index >= 15 is 0 Å². The van der Waals surface area contributed by atoms with Gasteiger partial charge in [-0.15, -0.1) is 0 Å². The first-order chi connectivity index (χ1) is 10.3. The van der Waals surface area contributed by atoms with Crippen LogP contribution in [-0.2, 0) is 19.6 Å². The zero-order chi connectivity index (χ0) is 16.2. The Labute approximate surface area is 129 Å². The molecule has 2 rings (SSSR count). The van der Waals surface area contributed by atoms with Crippen molar-refractivity contribution in [2.75, 3.05) is 24.7 Å². The Kier molecular flexibility index (Phi) is 5.15. The summed E-state index contributed by atoms with van der Waals surface area (Å²) in [4.78, 5) is 23.3. The summed E-state index contributed by atoms with van der Waals surface area (Å²) < 4.78 is 28.8. The van der Waals surface area contributed by atoms with Crippen molar-refractivity contribution in [3.8, 4) is 0 Å². The highest BCUT2D eigenvalue weighted by Crippen LogP contribution is 2.30. The third-order valence-electron chi connectivity index (χ3n) is 3.04. The zero-order valence-electron chi connectivity index (χ0n) is 12.2. The average molecular weight is 326 g/mol. The van der Waals surface area contributed by atoms with Crippen molar-refractivity contribution in [2.24, 2.45) is 5.92 Å². The number of benzene rings is 1. The number of nitrogens with one attached hydrogen (secondary N) is 2. The maximum Gasteiger partial charge on any atom is 0.338 e. The van der Waals surface area contributed by atoms with Crippen LogP contribution in [0.4, 0.5) is 5.69 Å². The average Bonchev–Trinajstić information content (AvgIpc) is 3.27. The molecular formula is C14H18N2O5S. The first-order valence-electron chi connectivity index (χ1n) is 6.88. The highest BCUT2D eigenvalue weighted by atomic mass is 32.2. The molecule has 0 unspecified atom stereocenters. The van der Waals surface area contributed by atoms with Gasteiger partial charge in [-0.05, 0) is 37.1 Å². The van der Waals surface area contributed by atoms with E-state index in [-0.39, 0.29) is 25.0 Å². The largest absolute Gasteiger partial charge is 0.461 e. The van der Waals surface area contributed by atoms with Crippen LogP contribution >= 0.6 is 0 Å². The Hall–Kier alpha value is -1.93. The lowest BCUT2D eigenvalue weighted by molar-refractivity contribution is -0.117. The summed E-state index contributed by atoms with van der Waals surface area (Å²) in [5.41, 5.74) is 0.968. The van der Waals surface area contributed by atoms with Gasteiger partial charge in [0.2, 0.25) is 15.9 Å². The topological polar surface area (TPSA) is 102 Å². The summed E-state index contributed by atoms with van der Waals surface area (Å²) in [7, 11) is -3.29. The monoisotopic (exact) mass is 326 g/mol. The molecule has 1 aliphatic rings. The number of hydrogen-bond acceptors (Lipinski definition) is 5. The van der Waals surface area contributed by atoms with Crippen molar-refractivity contribution >= 4 is 27.6 Å². The smallest absolute Gasteiger partial charge is 0.338 e. The fourth-order valence-electron chi connectivity index (χ4n) is 1.73. The summed E-state index contributed by atoms with van der Waals surface area (Å²) in [5, 5.41) is 2.77. The molecule has 1 aromatic rings. The molecule has 0 atom stereocenters. The second-order valence-electron chi connectivity index (χ2n) is 5.14. The van der Waals surface area contributed by atoms with Gasteiger partial charge in [0.15, 0.2) is 0 Å². The van der Waals surface area contributed by atoms with E-state index < -0.39 is 16.0 Å². The highest BCUT2D eigenvalue weighted by molar-refractivity contribution is 7.88. The summed E-state index contributed by atoms with van der Waals surface area (Å²) in [6.45, 7) is -0.0217. The molecule has 0 aromatic heterocycles. The first kappa shape index (κ1) is 16.4. The van der Waals surface area contributed by atoms with Crippen LogP contribution in [0.15, 0.2) is 24.3 Å². The number of carbonyl (C=O) groups is 2. The number of ether oxygens (including phenoxy) is 1. The molecule has 1 aromatic carbocycles. The van der Waals surface area contributed by atoms with Crippen molar-refractivity contribution in [1.29, 1.82) is 0 Å². The third-order valence-corrected chi connectivity index (χ3v) is 3.76. The van der Waals surface area contributed by atoms with Crippen LogP contribution in [0.2, 0.25) is 0 Å². The summed E-state index contributed by atoms with van der Waals surface area (Å²) in [5.74, 6) is -0.426. The van der Waals surface area contributed by atoms with E-state index in [9.17, 15) is 18.0 Å². The minimum atomic E-state index is -3.29. The number of rotatable bonds is 7. The van der Waals surface area contributed by atoms with Gasteiger partial charge in [-0.2, -0.15) is 0 Å². The zero-order valence-corrected chi connectivity index (χ0v) is 13.0. The maximum atomic E-state index is 11.7. The van der Waals surface area contributed by atoms with Crippen molar-refractivity contribution in [3.05, 3.63) is 29.8 Å². The Morgan fingerprint density at radius 2 is 1.86 bits per heavy atom. The SMILES string of the molecule is CS(=O)(=O)NCCOC(=O)c1ccc(NC(=O)C2CC2)cc1. The molecule has 1 aliphatic carbocycles. The summed E-state index contributed by atoms with van der Waals surface area (Å²) in [6.07, 6.45) is 2.89. The fourth-order valence-corrected chi connectivity index (χ4v) is 2.19. The van der Waals surface area contributed by atoms with Crippen molar-refractivity contribution in [3.63, 3.8) is 0 Å². The molecule has 0 radical (unpaired) electrons. The van der Waals surface area contributed by atoms with Crippen LogP contribution in [0.3, 0.4) is 0 Å². The van der Waals surface area contributed by atoms with Gasteiger partial charge < -0.3 is 10.1 Å². The molecule has 120 valence electrons. The molecule has 0 bridgehead atoms. The Morgan fingerprint density at radius 3 is 2.41 bits per heavy atom. The van der Waals surface area contributed by atoms with Gasteiger partial charge in [0.05, 0.1) is 11.8 Å². The van der Waals surface area contributed by atoms with Crippen LogP contribution in [-0.4, -0.2) is 39.7 Å². The molecule has 0 spiro atoms. The van der Waals surface area contributed by atoms with Crippen molar-refractivity contribution in [1.82, 2.24) is 4.72 Å². The minimum Gasteiger partial charge on any atom is -0.461 e. The normalized spacial score (nSPS) is 14.4. The molecule has 7 nitrogen and oxygen atoms in total. The van der Waals surface area contributed by atoms with Crippen LogP contribution in [0, 0.1) is 5.92 Å². The lowest BCUT2D eigenvalue weighted by Gasteiger charge is -2.07. The molecule has 0 heterocycles. The van der Waals surface area contributed by atoms with Gasteiger partial charge in [0.25, 0.3) is 0 Å². The highest BCUT2D eigenvalue weighted by Gasteiger charge is 2.29. The van der Waals surface area contributed by atoms with E-state index in [1.165, 1.54) is 0 Å². The van der Waals surface area contributed by atoms with Crippen LogP contribution in [0.1, 0.15) is 23.2 Å². The van der Waals surface area contributed by atoms with E-state index in [0.29, 0.717) is 11.3 Å². The first-order valence-corrected chi connectivity index (χ1v) is 8.77. The number of esters is 1. The number of amides is 1. The molecular weight excluding hydrogens is 308 g/mol. The van der Waals surface area contributed by atoms with Crippen LogP contribution < -0.4 is 10.0 Å². The molecule has 0 aliphatic heterocycles. The number of hydrogen-bond donors (Lipinski definition) is 2. The Bertz CT molecular complexity index is 650.